The van der Waals surface area contributed by atoms with E-state index in [1.54, 1.807) is 0 Å². The summed E-state index contributed by atoms with van der Waals surface area (Å²) >= 11 is 0. The molecule has 3 heteroatoms. The summed E-state index contributed by atoms with van der Waals surface area (Å²) in [6, 6.07) is 8.08. The third-order valence-corrected chi connectivity index (χ3v) is 3.92. The van der Waals surface area contributed by atoms with Crippen molar-refractivity contribution in [1.29, 1.82) is 0 Å². The molecule has 1 unspecified atom stereocenters. The summed E-state index contributed by atoms with van der Waals surface area (Å²) in [6.07, 6.45) is 2.18. The van der Waals surface area contributed by atoms with Gasteiger partial charge in [-0.3, -0.25) is 0 Å². The number of aryl methyl sites for hydroxylation is 1. The molecule has 0 bridgehead atoms. The molecular weight excluding hydrogens is 238 g/mol. The van der Waals surface area contributed by atoms with Gasteiger partial charge in [0.2, 0.25) is 0 Å². The van der Waals surface area contributed by atoms with Gasteiger partial charge in [0.1, 0.15) is 0 Å². The number of piperidine rings is 1. The van der Waals surface area contributed by atoms with Gasteiger partial charge in [-0.15, -0.1) is 0 Å². The monoisotopic (exact) mass is 263 g/mol. The minimum Gasteiger partial charge on any atom is -0.387 e. The number of hydrogen-bond donors (Lipinski definition) is 1. The highest BCUT2D eigenvalue weighted by Gasteiger charge is 2.22. The molecule has 0 radical (unpaired) electrons. The summed E-state index contributed by atoms with van der Waals surface area (Å²) in [7, 11) is 0. The molecule has 1 atom stereocenters. The molecule has 0 amide bonds. The van der Waals surface area contributed by atoms with Gasteiger partial charge in [0.25, 0.3) is 0 Å². The fourth-order valence-corrected chi connectivity index (χ4v) is 2.80. The highest BCUT2D eigenvalue weighted by atomic mass is 16.5. The lowest BCUT2D eigenvalue weighted by atomic mass is 10.0. The van der Waals surface area contributed by atoms with E-state index in [0.717, 1.165) is 44.6 Å². The molecule has 106 valence electrons. The van der Waals surface area contributed by atoms with Crippen molar-refractivity contribution in [1.82, 2.24) is 4.90 Å². The van der Waals surface area contributed by atoms with Crippen LogP contribution in [0.25, 0.3) is 0 Å². The van der Waals surface area contributed by atoms with Crippen molar-refractivity contribution in [2.45, 2.75) is 38.9 Å². The molecule has 0 saturated carbocycles. The minimum atomic E-state index is -0.384. The SMILES string of the molecule is CCOC1CCN(CC(O)c2ccccc2C)CC1. The van der Waals surface area contributed by atoms with Crippen molar-refractivity contribution in [3.05, 3.63) is 35.4 Å². The summed E-state index contributed by atoms with van der Waals surface area (Å²) in [5.74, 6) is 0. The average Bonchev–Trinajstić information content (AvgIpc) is 2.42. The van der Waals surface area contributed by atoms with Crippen molar-refractivity contribution in [3.8, 4) is 0 Å². The molecule has 1 aliphatic heterocycles. The number of β-amino-alcohol motifs (C(OH)–C–C–N with tert-alkyl or cyclic N) is 1. The molecule has 19 heavy (non-hydrogen) atoms. The van der Waals surface area contributed by atoms with E-state index in [1.807, 2.05) is 25.1 Å². The van der Waals surface area contributed by atoms with Gasteiger partial charge in [-0.1, -0.05) is 24.3 Å². The van der Waals surface area contributed by atoms with E-state index in [4.69, 9.17) is 4.74 Å². The summed E-state index contributed by atoms with van der Waals surface area (Å²) in [4.78, 5) is 2.34. The fraction of sp³-hybridized carbons (Fsp3) is 0.625. The van der Waals surface area contributed by atoms with Crippen LogP contribution in [0.1, 0.15) is 37.0 Å². The number of ether oxygens (including phenoxy) is 1. The number of hydrogen-bond acceptors (Lipinski definition) is 3. The standard InChI is InChI=1S/C16H25NO2/c1-3-19-14-8-10-17(11-9-14)12-16(18)15-7-5-4-6-13(15)2/h4-7,14,16,18H,3,8-12H2,1-2H3. The van der Waals surface area contributed by atoms with E-state index < -0.39 is 0 Å². The second-order valence-electron chi connectivity index (χ2n) is 5.33. The van der Waals surface area contributed by atoms with E-state index in [1.165, 1.54) is 5.56 Å². The van der Waals surface area contributed by atoms with E-state index in [-0.39, 0.29) is 6.10 Å². The minimum absolute atomic E-state index is 0.384. The Bertz CT molecular complexity index is 386. The molecule has 3 nitrogen and oxygen atoms in total. The molecule has 1 heterocycles. The first-order valence-corrected chi connectivity index (χ1v) is 7.28. The van der Waals surface area contributed by atoms with Crippen molar-refractivity contribution in [2.24, 2.45) is 0 Å². The van der Waals surface area contributed by atoms with Crippen LogP contribution in [0.4, 0.5) is 0 Å². The Morgan fingerprint density at radius 2 is 2.00 bits per heavy atom. The zero-order valence-corrected chi connectivity index (χ0v) is 12.0. The van der Waals surface area contributed by atoms with Gasteiger partial charge in [0.15, 0.2) is 0 Å². The highest BCUT2D eigenvalue weighted by Crippen LogP contribution is 2.21. The number of benzene rings is 1. The zero-order valence-electron chi connectivity index (χ0n) is 12.0. The highest BCUT2D eigenvalue weighted by molar-refractivity contribution is 5.27. The number of aliphatic hydroxyl groups excluding tert-OH is 1. The first-order valence-electron chi connectivity index (χ1n) is 7.28. The first kappa shape index (κ1) is 14.5. The lowest BCUT2D eigenvalue weighted by Crippen LogP contribution is -2.39. The third-order valence-electron chi connectivity index (χ3n) is 3.92. The van der Waals surface area contributed by atoms with Crippen LogP contribution in [0.5, 0.6) is 0 Å². The van der Waals surface area contributed by atoms with Gasteiger partial charge in [-0.25, -0.2) is 0 Å². The van der Waals surface area contributed by atoms with Gasteiger partial charge in [-0.2, -0.15) is 0 Å². The Morgan fingerprint density at radius 1 is 1.32 bits per heavy atom. The molecule has 0 aliphatic carbocycles. The van der Waals surface area contributed by atoms with E-state index in [0.29, 0.717) is 6.10 Å². The first-order chi connectivity index (χ1) is 9.20. The van der Waals surface area contributed by atoms with Gasteiger partial charge < -0.3 is 14.7 Å². The number of rotatable bonds is 5. The Morgan fingerprint density at radius 3 is 2.63 bits per heavy atom. The number of nitrogens with zero attached hydrogens (tertiary/aromatic N) is 1. The predicted molar refractivity (Wildman–Crippen MR) is 77.2 cm³/mol. The van der Waals surface area contributed by atoms with E-state index >= 15 is 0 Å². The van der Waals surface area contributed by atoms with Crippen LogP contribution in [-0.4, -0.2) is 42.4 Å². The lowest BCUT2D eigenvalue weighted by molar-refractivity contribution is 0.00322. The van der Waals surface area contributed by atoms with Crippen LogP contribution < -0.4 is 0 Å². The Labute approximate surface area is 116 Å². The van der Waals surface area contributed by atoms with Crippen LogP contribution in [0.3, 0.4) is 0 Å². The van der Waals surface area contributed by atoms with Crippen LogP contribution in [0.15, 0.2) is 24.3 Å². The molecule has 1 aliphatic rings. The molecule has 1 saturated heterocycles. The fourth-order valence-electron chi connectivity index (χ4n) is 2.80. The van der Waals surface area contributed by atoms with Gasteiger partial charge in [-0.05, 0) is 37.8 Å². The third kappa shape index (κ3) is 4.03. The molecule has 2 rings (SSSR count). The zero-order chi connectivity index (χ0) is 13.7. The molecule has 1 aromatic carbocycles. The van der Waals surface area contributed by atoms with Crippen molar-refractivity contribution in [2.75, 3.05) is 26.2 Å². The number of likely N-dealkylation sites (tertiary alicyclic amines) is 1. The molecular formula is C16H25NO2. The smallest absolute Gasteiger partial charge is 0.0919 e. The molecule has 1 N–H and O–H groups in total. The van der Waals surface area contributed by atoms with Gasteiger partial charge >= 0.3 is 0 Å². The molecule has 0 aromatic heterocycles. The normalized spacial score (nSPS) is 19.5. The maximum absolute atomic E-state index is 10.3. The van der Waals surface area contributed by atoms with E-state index in [2.05, 4.69) is 17.9 Å². The van der Waals surface area contributed by atoms with Gasteiger partial charge in [0, 0.05) is 26.2 Å². The van der Waals surface area contributed by atoms with Gasteiger partial charge in [0.05, 0.1) is 12.2 Å². The molecule has 0 spiro atoms. The topological polar surface area (TPSA) is 32.7 Å². The van der Waals surface area contributed by atoms with Crippen LogP contribution >= 0.6 is 0 Å². The van der Waals surface area contributed by atoms with Crippen LogP contribution in [0.2, 0.25) is 0 Å². The van der Waals surface area contributed by atoms with Crippen molar-refractivity contribution in [3.63, 3.8) is 0 Å². The quantitative estimate of drug-likeness (QED) is 0.886. The summed E-state index contributed by atoms with van der Waals surface area (Å²) in [6.45, 7) is 7.68. The second kappa shape index (κ2) is 7.04. The second-order valence-corrected chi connectivity index (χ2v) is 5.33. The molecule has 1 aromatic rings. The van der Waals surface area contributed by atoms with Crippen molar-refractivity contribution >= 4 is 0 Å². The van der Waals surface area contributed by atoms with E-state index in [9.17, 15) is 5.11 Å². The average molecular weight is 263 g/mol. The summed E-state index contributed by atoms with van der Waals surface area (Å²) in [5.41, 5.74) is 2.22. The molecule has 1 fully saturated rings. The Hall–Kier alpha value is -0.900. The van der Waals surface area contributed by atoms with Crippen LogP contribution in [-0.2, 0) is 4.74 Å². The van der Waals surface area contributed by atoms with Crippen LogP contribution in [0, 0.1) is 6.92 Å². The number of aliphatic hydroxyl groups is 1. The maximum Gasteiger partial charge on any atom is 0.0919 e. The summed E-state index contributed by atoms with van der Waals surface area (Å²) < 4.78 is 5.65. The van der Waals surface area contributed by atoms with Crippen molar-refractivity contribution < 1.29 is 9.84 Å². The Kier molecular flexibility index (Phi) is 5.37. The predicted octanol–water partition coefficient (Wildman–Crippen LogP) is 2.53. The lowest BCUT2D eigenvalue weighted by Gasteiger charge is -2.33. The Balaban J connectivity index is 1.84. The summed E-state index contributed by atoms with van der Waals surface area (Å²) in [5, 5.41) is 10.3. The maximum atomic E-state index is 10.3. The largest absolute Gasteiger partial charge is 0.387 e.